The predicted molar refractivity (Wildman–Crippen MR) is 92.3 cm³/mol. The van der Waals surface area contributed by atoms with Crippen molar-refractivity contribution >= 4 is 10.0 Å². The van der Waals surface area contributed by atoms with Crippen LogP contribution in [0.25, 0.3) is 0 Å². The van der Waals surface area contributed by atoms with Crippen molar-refractivity contribution in [3.63, 3.8) is 0 Å². The van der Waals surface area contributed by atoms with Crippen LogP contribution in [0.1, 0.15) is 37.8 Å². The molecule has 1 atom stereocenters. The van der Waals surface area contributed by atoms with Gasteiger partial charge in [-0.15, -0.1) is 0 Å². The molecule has 0 aliphatic carbocycles. The lowest BCUT2D eigenvalue weighted by Crippen LogP contribution is -2.30. The number of pyridine rings is 1. The summed E-state index contributed by atoms with van der Waals surface area (Å²) in [4.78, 5) is 4.33. The molecule has 1 aliphatic rings. The molecule has 1 aromatic heterocycles. The van der Waals surface area contributed by atoms with Crippen LogP contribution >= 0.6 is 0 Å². The van der Waals surface area contributed by atoms with Crippen molar-refractivity contribution in [1.29, 1.82) is 0 Å². The van der Waals surface area contributed by atoms with E-state index in [0.29, 0.717) is 23.8 Å². The fourth-order valence-corrected chi connectivity index (χ4v) is 4.69. The summed E-state index contributed by atoms with van der Waals surface area (Å²) in [5, 5.41) is 0. The zero-order chi connectivity index (χ0) is 17.0. The van der Waals surface area contributed by atoms with E-state index in [1.54, 1.807) is 41.0 Å². The Balaban J connectivity index is 1.84. The van der Waals surface area contributed by atoms with Crippen LogP contribution in [0.4, 0.5) is 0 Å². The van der Waals surface area contributed by atoms with Crippen LogP contribution in [0.5, 0.6) is 5.75 Å². The molecule has 3 rings (SSSR count). The molecular formula is C18H22N2O3S. The Hall–Kier alpha value is -1.92. The minimum Gasteiger partial charge on any atom is -0.494 e. The molecule has 1 saturated heterocycles. The molecule has 1 aliphatic heterocycles. The van der Waals surface area contributed by atoms with Crippen molar-refractivity contribution in [3.8, 4) is 5.75 Å². The second kappa shape index (κ2) is 7.32. The molecule has 0 spiro atoms. The molecule has 128 valence electrons. The number of rotatable bonds is 6. The van der Waals surface area contributed by atoms with E-state index < -0.39 is 10.0 Å². The summed E-state index contributed by atoms with van der Waals surface area (Å²) in [7, 11) is -3.52. The van der Waals surface area contributed by atoms with Crippen LogP contribution in [0, 0.1) is 0 Å². The van der Waals surface area contributed by atoms with Crippen LogP contribution in [-0.4, -0.2) is 30.9 Å². The largest absolute Gasteiger partial charge is 0.494 e. The van der Waals surface area contributed by atoms with E-state index in [0.717, 1.165) is 24.8 Å². The Morgan fingerprint density at radius 2 is 1.88 bits per heavy atom. The summed E-state index contributed by atoms with van der Waals surface area (Å²) in [5.41, 5.74) is 0.994. The summed E-state index contributed by atoms with van der Waals surface area (Å²) in [5.74, 6) is 0.697. The lowest BCUT2D eigenvalue weighted by Gasteiger charge is -2.24. The van der Waals surface area contributed by atoms with Gasteiger partial charge in [-0.05, 0) is 61.2 Å². The standard InChI is InChI=1S/C18H22N2O3S/c1-2-14-23-16-5-7-17(8-6-16)24(21,22)20-13-3-4-18(20)15-9-11-19-12-10-15/h5-12,18H,2-4,13-14H2,1H3/t18-/m0/s1. The highest BCUT2D eigenvalue weighted by Gasteiger charge is 2.36. The number of nitrogens with zero attached hydrogens (tertiary/aromatic N) is 2. The first-order valence-corrected chi connectivity index (χ1v) is 9.71. The van der Waals surface area contributed by atoms with Gasteiger partial charge in [-0.25, -0.2) is 8.42 Å². The molecule has 1 aromatic carbocycles. The van der Waals surface area contributed by atoms with Crippen molar-refractivity contribution in [1.82, 2.24) is 9.29 Å². The van der Waals surface area contributed by atoms with E-state index in [4.69, 9.17) is 4.74 Å². The summed E-state index contributed by atoms with van der Waals surface area (Å²) < 4.78 is 33.2. The Kier molecular flexibility index (Phi) is 5.16. The average Bonchev–Trinajstić information content (AvgIpc) is 3.12. The van der Waals surface area contributed by atoms with Gasteiger partial charge in [0, 0.05) is 18.9 Å². The molecule has 0 bridgehead atoms. The van der Waals surface area contributed by atoms with Crippen LogP contribution in [0.3, 0.4) is 0 Å². The monoisotopic (exact) mass is 346 g/mol. The molecule has 1 fully saturated rings. The van der Waals surface area contributed by atoms with Gasteiger partial charge < -0.3 is 4.74 Å². The molecule has 0 radical (unpaired) electrons. The quantitative estimate of drug-likeness (QED) is 0.804. The van der Waals surface area contributed by atoms with Gasteiger partial charge in [0.05, 0.1) is 17.5 Å². The van der Waals surface area contributed by atoms with Crippen molar-refractivity contribution < 1.29 is 13.2 Å². The highest BCUT2D eigenvalue weighted by molar-refractivity contribution is 7.89. The third-order valence-electron chi connectivity index (χ3n) is 4.20. The van der Waals surface area contributed by atoms with Crippen molar-refractivity contribution in [2.24, 2.45) is 0 Å². The topological polar surface area (TPSA) is 59.5 Å². The Morgan fingerprint density at radius 3 is 2.54 bits per heavy atom. The van der Waals surface area contributed by atoms with Gasteiger partial charge in [-0.3, -0.25) is 4.98 Å². The number of ether oxygens (including phenoxy) is 1. The number of aromatic nitrogens is 1. The Labute approximate surface area is 143 Å². The first-order chi connectivity index (χ1) is 11.6. The van der Waals surface area contributed by atoms with Gasteiger partial charge in [0.25, 0.3) is 0 Å². The molecule has 5 nitrogen and oxygen atoms in total. The molecule has 0 N–H and O–H groups in total. The van der Waals surface area contributed by atoms with Crippen LogP contribution < -0.4 is 4.74 Å². The molecule has 24 heavy (non-hydrogen) atoms. The molecule has 2 heterocycles. The van der Waals surface area contributed by atoms with E-state index in [2.05, 4.69) is 4.98 Å². The van der Waals surface area contributed by atoms with Crippen molar-refractivity contribution in [2.75, 3.05) is 13.2 Å². The fourth-order valence-electron chi connectivity index (χ4n) is 3.01. The zero-order valence-electron chi connectivity index (χ0n) is 13.8. The Morgan fingerprint density at radius 1 is 1.17 bits per heavy atom. The lowest BCUT2D eigenvalue weighted by atomic mass is 10.1. The van der Waals surface area contributed by atoms with E-state index >= 15 is 0 Å². The number of hydrogen-bond acceptors (Lipinski definition) is 4. The third-order valence-corrected chi connectivity index (χ3v) is 6.12. The molecule has 6 heteroatoms. The van der Waals surface area contributed by atoms with Crippen molar-refractivity contribution in [3.05, 3.63) is 54.4 Å². The van der Waals surface area contributed by atoms with E-state index in [9.17, 15) is 8.42 Å². The highest BCUT2D eigenvalue weighted by atomic mass is 32.2. The first kappa shape index (κ1) is 16.9. The minimum absolute atomic E-state index is 0.117. The van der Waals surface area contributed by atoms with Gasteiger partial charge in [0.1, 0.15) is 5.75 Å². The van der Waals surface area contributed by atoms with Gasteiger partial charge in [0.15, 0.2) is 0 Å². The van der Waals surface area contributed by atoms with Gasteiger partial charge >= 0.3 is 0 Å². The Bertz CT molecular complexity index is 761. The first-order valence-electron chi connectivity index (χ1n) is 8.27. The smallest absolute Gasteiger partial charge is 0.243 e. The predicted octanol–water partition coefficient (Wildman–Crippen LogP) is 3.40. The van der Waals surface area contributed by atoms with E-state index in [-0.39, 0.29) is 6.04 Å². The molecule has 2 aromatic rings. The van der Waals surface area contributed by atoms with Gasteiger partial charge in [-0.2, -0.15) is 4.31 Å². The summed E-state index contributed by atoms with van der Waals surface area (Å²) in [6.07, 6.45) is 6.03. The summed E-state index contributed by atoms with van der Waals surface area (Å²) >= 11 is 0. The maximum absolute atomic E-state index is 13.0. The highest BCUT2D eigenvalue weighted by Crippen LogP contribution is 2.36. The molecule has 0 unspecified atom stereocenters. The van der Waals surface area contributed by atoms with Gasteiger partial charge in [0.2, 0.25) is 10.0 Å². The minimum atomic E-state index is -3.52. The summed E-state index contributed by atoms with van der Waals surface area (Å²) in [6, 6.07) is 10.4. The second-order valence-corrected chi connectivity index (χ2v) is 7.76. The number of sulfonamides is 1. The van der Waals surface area contributed by atoms with Crippen LogP contribution in [0.15, 0.2) is 53.7 Å². The van der Waals surface area contributed by atoms with Crippen LogP contribution in [0.2, 0.25) is 0 Å². The number of hydrogen-bond donors (Lipinski definition) is 0. The van der Waals surface area contributed by atoms with E-state index in [1.165, 1.54) is 0 Å². The SMILES string of the molecule is CCCOc1ccc(S(=O)(=O)N2CCC[C@H]2c2ccncc2)cc1. The molecular weight excluding hydrogens is 324 g/mol. The maximum atomic E-state index is 13.0. The zero-order valence-corrected chi connectivity index (χ0v) is 14.6. The van der Waals surface area contributed by atoms with E-state index in [1.807, 2.05) is 19.1 Å². The van der Waals surface area contributed by atoms with Gasteiger partial charge in [-0.1, -0.05) is 6.92 Å². The number of benzene rings is 1. The molecule has 0 saturated carbocycles. The lowest BCUT2D eigenvalue weighted by molar-refractivity contribution is 0.317. The summed E-state index contributed by atoms with van der Waals surface area (Å²) in [6.45, 7) is 3.21. The second-order valence-electron chi connectivity index (χ2n) is 5.87. The van der Waals surface area contributed by atoms with Crippen LogP contribution in [-0.2, 0) is 10.0 Å². The molecule has 0 amide bonds. The third kappa shape index (κ3) is 3.44. The average molecular weight is 346 g/mol. The van der Waals surface area contributed by atoms with Crippen molar-refractivity contribution in [2.45, 2.75) is 37.1 Å². The maximum Gasteiger partial charge on any atom is 0.243 e. The fraction of sp³-hybridized carbons (Fsp3) is 0.389. The normalized spacial score (nSPS) is 18.6.